The zero-order valence-electron chi connectivity index (χ0n) is 20.1. The van der Waals surface area contributed by atoms with E-state index >= 15 is 0 Å². The van der Waals surface area contributed by atoms with Gasteiger partial charge in [-0.1, -0.05) is 36.4 Å². The van der Waals surface area contributed by atoms with E-state index in [0.29, 0.717) is 36.3 Å². The second-order valence-corrected chi connectivity index (χ2v) is 9.00. The smallest absolute Gasteiger partial charge is 0.304 e. The average Bonchev–Trinajstić information content (AvgIpc) is 3.02. The summed E-state index contributed by atoms with van der Waals surface area (Å²) in [6.07, 6.45) is 0.682. The predicted octanol–water partition coefficient (Wildman–Crippen LogP) is 4.05. The highest BCUT2D eigenvalue weighted by molar-refractivity contribution is 6.06. The first-order chi connectivity index (χ1) is 17.4. The highest BCUT2D eigenvalue weighted by Gasteiger charge is 2.31. The van der Waals surface area contributed by atoms with Gasteiger partial charge in [-0.3, -0.25) is 14.4 Å². The number of fused-ring (bicyclic) bond motifs is 1. The van der Waals surface area contributed by atoms with Gasteiger partial charge in [0.15, 0.2) is 0 Å². The lowest BCUT2D eigenvalue weighted by Gasteiger charge is -2.24. The Balaban J connectivity index is 1.58. The molecule has 2 amide bonds. The molecule has 1 heterocycles. The van der Waals surface area contributed by atoms with Gasteiger partial charge in [-0.25, -0.2) is 0 Å². The Hall–Kier alpha value is -4.44. The van der Waals surface area contributed by atoms with Crippen LogP contribution in [0.1, 0.15) is 39.0 Å². The van der Waals surface area contributed by atoms with Crippen LogP contribution >= 0.6 is 0 Å². The number of aliphatic carboxylic acids is 1. The van der Waals surface area contributed by atoms with Crippen molar-refractivity contribution in [3.8, 4) is 6.07 Å². The third-order valence-electron chi connectivity index (χ3n) is 6.56. The van der Waals surface area contributed by atoms with Crippen LogP contribution < -0.4 is 4.90 Å². The fourth-order valence-corrected chi connectivity index (χ4v) is 4.54. The largest absolute Gasteiger partial charge is 0.481 e. The van der Waals surface area contributed by atoms with Gasteiger partial charge < -0.3 is 14.9 Å². The molecule has 1 aliphatic heterocycles. The molecule has 182 valence electrons. The Bertz CT molecular complexity index is 1310. The molecular weight excluding hydrogens is 454 g/mol. The monoisotopic (exact) mass is 481 g/mol. The van der Waals surface area contributed by atoms with Crippen LogP contribution in [0.2, 0.25) is 0 Å². The van der Waals surface area contributed by atoms with Crippen molar-refractivity contribution in [1.29, 1.82) is 5.26 Å². The maximum absolute atomic E-state index is 13.3. The van der Waals surface area contributed by atoms with Gasteiger partial charge >= 0.3 is 5.97 Å². The molecule has 1 atom stereocenters. The number of carboxylic acid groups (broad SMARTS) is 1. The molecule has 1 aliphatic rings. The number of nitrogens with zero attached hydrogens (tertiary/aromatic N) is 3. The minimum Gasteiger partial charge on any atom is -0.481 e. The molecule has 36 heavy (non-hydrogen) atoms. The lowest BCUT2D eigenvalue weighted by Crippen LogP contribution is -2.37. The van der Waals surface area contributed by atoms with Crippen LogP contribution in [0.25, 0.3) is 0 Å². The van der Waals surface area contributed by atoms with E-state index in [1.807, 2.05) is 36.4 Å². The number of carbonyl (C=O) groups is 3. The van der Waals surface area contributed by atoms with E-state index in [1.165, 1.54) is 4.90 Å². The molecule has 4 rings (SSSR count). The first kappa shape index (κ1) is 24.7. The quantitative estimate of drug-likeness (QED) is 0.549. The topological polar surface area (TPSA) is 102 Å². The summed E-state index contributed by atoms with van der Waals surface area (Å²) >= 11 is 0. The number of anilines is 1. The molecule has 0 saturated heterocycles. The standard InChI is InChI=1S/C29H27N3O4/c1-31(26-11-7-21(18-30)8-12-26)28(35)22-9-10-23-19-32(14-13-20-5-3-2-4-6-20)29(36)25(17-27(33)34)16-24(23)15-22/h2-12,15,25H,13-14,16-17,19H2,1H3,(H,33,34)/t25-/m1/s1. The lowest BCUT2D eigenvalue weighted by atomic mass is 9.93. The van der Waals surface area contributed by atoms with Gasteiger partial charge in [0.05, 0.1) is 24.0 Å². The van der Waals surface area contributed by atoms with E-state index in [9.17, 15) is 19.5 Å². The fraction of sp³-hybridized carbons (Fsp3) is 0.241. The van der Waals surface area contributed by atoms with Gasteiger partial charge in [0.2, 0.25) is 5.91 Å². The lowest BCUT2D eigenvalue weighted by molar-refractivity contribution is -0.144. The molecule has 0 aromatic heterocycles. The second-order valence-electron chi connectivity index (χ2n) is 9.00. The van der Waals surface area contributed by atoms with E-state index in [-0.39, 0.29) is 24.7 Å². The molecule has 0 bridgehead atoms. The minimum atomic E-state index is -1.02. The van der Waals surface area contributed by atoms with Crippen LogP contribution in [-0.2, 0) is 29.0 Å². The van der Waals surface area contributed by atoms with Gasteiger partial charge in [-0.2, -0.15) is 5.26 Å². The van der Waals surface area contributed by atoms with E-state index in [1.54, 1.807) is 48.3 Å². The van der Waals surface area contributed by atoms with Gasteiger partial charge in [-0.15, -0.1) is 0 Å². The van der Waals surface area contributed by atoms with Gasteiger partial charge in [0.25, 0.3) is 5.91 Å². The van der Waals surface area contributed by atoms with Crippen LogP contribution in [-0.4, -0.2) is 41.4 Å². The molecule has 7 nitrogen and oxygen atoms in total. The predicted molar refractivity (Wildman–Crippen MR) is 135 cm³/mol. The van der Waals surface area contributed by atoms with Crippen molar-refractivity contribution in [1.82, 2.24) is 4.90 Å². The molecule has 0 saturated carbocycles. The number of amides is 2. The molecule has 0 unspecified atom stereocenters. The van der Waals surface area contributed by atoms with Crippen molar-refractivity contribution >= 4 is 23.5 Å². The maximum atomic E-state index is 13.3. The molecule has 3 aromatic rings. The highest BCUT2D eigenvalue weighted by Crippen LogP contribution is 2.27. The van der Waals surface area contributed by atoms with Crippen LogP contribution in [0, 0.1) is 17.2 Å². The van der Waals surface area contributed by atoms with Crippen LogP contribution in [0.4, 0.5) is 5.69 Å². The van der Waals surface area contributed by atoms with Crippen molar-refractivity contribution in [2.24, 2.45) is 5.92 Å². The summed E-state index contributed by atoms with van der Waals surface area (Å²) in [5, 5.41) is 18.4. The summed E-state index contributed by atoms with van der Waals surface area (Å²) < 4.78 is 0. The zero-order chi connectivity index (χ0) is 25.7. The SMILES string of the molecule is CN(C(=O)c1ccc2c(c1)C[C@H](CC(=O)O)C(=O)N(CCc1ccccc1)C2)c1ccc(C#N)cc1. The number of nitriles is 1. The summed E-state index contributed by atoms with van der Waals surface area (Å²) in [6, 6.07) is 24.1. The Morgan fingerprint density at radius 2 is 1.78 bits per heavy atom. The summed E-state index contributed by atoms with van der Waals surface area (Å²) in [5.74, 6) is -2.12. The Morgan fingerprint density at radius 3 is 2.44 bits per heavy atom. The van der Waals surface area contributed by atoms with Crippen LogP contribution in [0.5, 0.6) is 0 Å². The van der Waals surface area contributed by atoms with Crippen molar-refractivity contribution in [3.05, 3.63) is 101 Å². The normalized spacial score (nSPS) is 14.9. The molecular formula is C29H27N3O4. The number of carboxylic acids is 1. The zero-order valence-corrected chi connectivity index (χ0v) is 20.1. The van der Waals surface area contributed by atoms with Gasteiger partial charge in [0.1, 0.15) is 0 Å². The summed E-state index contributed by atoms with van der Waals surface area (Å²) in [7, 11) is 1.66. The molecule has 0 aliphatic carbocycles. The molecule has 3 aromatic carbocycles. The molecule has 0 fully saturated rings. The number of rotatable bonds is 7. The van der Waals surface area contributed by atoms with E-state index in [0.717, 1.165) is 16.7 Å². The van der Waals surface area contributed by atoms with Gasteiger partial charge in [-0.05, 0) is 65.9 Å². The Morgan fingerprint density at radius 1 is 1.06 bits per heavy atom. The molecule has 0 radical (unpaired) electrons. The third-order valence-corrected chi connectivity index (χ3v) is 6.56. The molecule has 1 N–H and O–H groups in total. The number of benzene rings is 3. The van der Waals surface area contributed by atoms with Gasteiger partial charge in [0, 0.05) is 31.4 Å². The molecule has 7 heteroatoms. The van der Waals surface area contributed by atoms with Crippen molar-refractivity contribution < 1.29 is 19.5 Å². The number of hydrogen-bond donors (Lipinski definition) is 1. The van der Waals surface area contributed by atoms with Crippen molar-refractivity contribution in [2.45, 2.75) is 25.8 Å². The number of carbonyl (C=O) groups excluding carboxylic acids is 2. The van der Waals surface area contributed by atoms with Crippen molar-refractivity contribution in [3.63, 3.8) is 0 Å². The average molecular weight is 482 g/mol. The van der Waals surface area contributed by atoms with Crippen molar-refractivity contribution in [2.75, 3.05) is 18.5 Å². The van der Waals surface area contributed by atoms with Crippen LogP contribution in [0.15, 0.2) is 72.8 Å². The fourth-order valence-electron chi connectivity index (χ4n) is 4.54. The van der Waals surface area contributed by atoms with E-state index in [4.69, 9.17) is 5.26 Å². The van der Waals surface area contributed by atoms with Crippen LogP contribution in [0.3, 0.4) is 0 Å². The highest BCUT2D eigenvalue weighted by atomic mass is 16.4. The minimum absolute atomic E-state index is 0.174. The first-order valence-corrected chi connectivity index (χ1v) is 11.8. The summed E-state index contributed by atoms with van der Waals surface area (Å²) in [6.45, 7) is 0.859. The Kier molecular flexibility index (Phi) is 7.45. The third kappa shape index (κ3) is 5.61. The van der Waals surface area contributed by atoms with E-state index < -0.39 is 11.9 Å². The second kappa shape index (κ2) is 10.9. The first-order valence-electron chi connectivity index (χ1n) is 11.8. The molecule has 0 spiro atoms. The maximum Gasteiger partial charge on any atom is 0.304 e. The summed E-state index contributed by atoms with van der Waals surface area (Å²) in [4.78, 5) is 41.3. The summed E-state index contributed by atoms with van der Waals surface area (Å²) in [5.41, 5.74) is 4.46. The Labute approximate surface area is 210 Å². The van der Waals surface area contributed by atoms with E-state index in [2.05, 4.69) is 6.07 Å². The number of hydrogen-bond acceptors (Lipinski definition) is 4.